The van der Waals surface area contributed by atoms with Crippen molar-refractivity contribution in [1.82, 2.24) is 9.97 Å². The lowest BCUT2D eigenvalue weighted by molar-refractivity contribution is 0.583. The summed E-state index contributed by atoms with van der Waals surface area (Å²) in [6.07, 6.45) is 1.32. The van der Waals surface area contributed by atoms with Gasteiger partial charge in [0.1, 0.15) is 0 Å². The van der Waals surface area contributed by atoms with Crippen LogP contribution in [0.3, 0.4) is 0 Å². The average Bonchev–Trinajstić information content (AvgIpc) is 1.91. The second-order valence-electron chi connectivity index (χ2n) is 1.01. The predicted molar refractivity (Wildman–Crippen MR) is 31.3 cm³/mol. The third kappa shape index (κ3) is 0.902. The Kier molecular flexibility index (Phi) is 1.27. The zero-order valence-electron chi connectivity index (χ0n) is 3.28. The van der Waals surface area contributed by atoms with Crippen molar-refractivity contribution in [2.75, 3.05) is 0 Å². The summed E-state index contributed by atoms with van der Waals surface area (Å²) in [6, 6.07) is 0. The molecule has 0 saturated carbocycles. The molecule has 2 nitrogen and oxygen atoms in total. The van der Waals surface area contributed by atoms with Gasteiger partial charge in [-0.3, -0.25) is 0 Å². The summed E-state index contributed by atoms with van der Waals surface area (Å²) < 4.78 is 12.3. The molecule has 0 fully saturated rings. The first kappa shape index (κ1) is 5.02. The molecule has 0 atom stereocenters. The van der Waals surface area contributed by atoms with Gasteiger partial charge in [-0.05, 0) is 22.6 Å². The van der Waals surface area contributed by atoms with Crippen molar-refractivity contribution in [3.63, 3.8) is 0 Å². The SMILES string of the molecule is Fc1[nH]cnc1I. The molecule has 1 aromatic heterocycles. The molecule has 4 heteroatoms. The fourth-order valence-electron chi connectivity index (χ4n) is 0.262. The normalized spacial score (nSPS) is 9.43. The van der Waals surface area contributed by atoms with E-state index in [2.05, 4.69) is 9.97 Å². The van der Waals surface area contributed by atoms with Gasteiger partial charge in [-0.25, -0.2) is 4.98 Å². The van der Waals surface area contributed by atoms with Crippen molar-refractivity contribution in [2.45, 2.75) is 0 Å². The molecule has 0 saturated heterocycles. The highest BCUT2D eigenvalue weighted by Crippen LogP contribution is 2.01. The molecule has 0 amide bonds. The topological polar surface area (TPSA) is 28.7 Å². The summed E-state index contributed by atoms with van der Waals surface area (Å²) in [6.45, 7) is 0. The largest absolute Gasteiger partial charge is 0.321 e. The second-order valence-corrected chi connectivity index (χ2v) is 2.03. The zero-order valence-corrected chi connectivity index (χ0v) is 5.44. The third-order valence-corrected chi connectivity index (χ3v) is 1.30. The Morgan fingerprint density at radius 1 is 1.86 bits per heavy atom. The molecule has 38 valence electrons. The van der Waals surface area contributed by atoms with E-state index in [9.17, 15) is 4.39 Å². The van der Waals surface area contributed by atoms with Gasteiger partial charge >= 0.3 is 0 Å². The number of imidazole rings is 1. The van der Waals surface area contributed by atoms with Gasteiger partial charge in [0.25, 0.3) is 0 Å². The Labute approximate surface area is 53.3 Å². The van der Waals surface area contributed by atoms with Gasteiger partial charge in [-0.15, -0.1) is 0 Å². The van der Waals surface area contributed by atoms with E-state index in [0.717, 1.165) is 0 Å². The molecule has 0 aliphatic rings. The molecule has 0 bridgehead atoms. The van der Waals surface area contributed by atoms with Gasteiger partial charge in [-0.1, -0.05) is 0 Å². The number of nitrogens with zero attached hydrogens (tertiary/aromatic N) is 1. The van der Waals surface area contributed by atoms with E-state index in [-0.39, 0.29) is 5.95 Å². The van der Waals surface area contributed by atoms with E-state index >= 15 is 0 Å². The first-order valence-corrected chi connectivity index (χ1v) is 2.73. The highest BCUT2D eigenvalue weighted by molar-refractivity contribution is 14.1. The zero-order chi connectivity index (χ0) is 5.28. The lowest BCUT2D eigenvalue weighted by atomic mass is 10.9. The minimum Gasteiger partial charge on any atom is -0.321 e. The third-order valence-electron chi connectivity index (χ3n) is 0.550. The minimum absolute atomic E-state index is 0.361. The van der Waals surface area contributed by atoms with Crippen molar-refractivity contribution in [1.29, 1.82) is 0 Å². The average molecular weight is 212 g/mol. The molecule has 0 radical (unpaired) electrons. The van der Waals surface area contributed by atoms with Crippen LogP contribution in [0.25, 0.3) is 0 Å². The Hall–Kier alpha value is -0.130. The Bertz CT molecular complexity index is 145. The fourth-order valence-corrected chi connectivity index (χ4v) is 0.557. The summed E-state index contributed by atoms with van der Waals surface area (Å²) >= 11 is 1.80. The number of nitrogens with one attached hydrogen (secondary N) is 1. The summed E-state index contributed by atoms with van der Waals surface area (Å²) in [7, 11) is 0. The molecule has 7 heavy (non-hydrogen) atoms. The van der Waals surface area contributed by atoms with Crippen LogP contribution in [0.4, 0.5) is 4.39 Å². The number of hydrogen-bond acceptors (Lipinski definition) is 1. The molecular weight excluding hydrogens is 210 g/mol. The van der Waals surface area contributed by atoms with Crippen LogP contribution in [-0.4, -0.2) is 9.97 Å². The standard InChI is InChI=1S/C3H2FIN2/c4-2-3(5)7-1-6-2/h1H,(H,6,7). The maximum absolute atomic E-state index is 12.0. The quantitative estimate of drug-likeness (QED) is 0.642. The molecule has 0 spiro atoms. The lowest BCUT2D eigenvalue weighted by Gasteiger charge is -1.71. The predicted octanol–water partition coefficient (Wildman–Crippen LogP) is 1.15. The van der Waals surface area contributed by atoms with Gasteiger partial charge in [0, 0.05) is 0 Å². The maximum Gasteiger partial charge on any atom is 0.224 e. The van der Waals surface area contributed by atoms with Crippen LogP contribution in [0, 0.1) is 9.65 Å². The van der Waals surface area contributed by atoms with E-state index in [4.69, 9.17) is 0 Å². The highest BCUT2D eigenvalue weighted by atomic mass is 127. The lowest BCUT2D eigenvalue weighted by Crippen LogP contribution is -1.72. The van der Waals surface area contributed by atoms with Gasteiger partial charge in [0.05, 0.1) is 6.33 Å². The summed E-state index contributed by atoms with van der Waals surface area (Å²) in [5.74, 6) is -0.361. The van der Waals surface area contributed by atoms with Gasteiger partial charge < -0.3 is 4.98 Å². The van der Waals surface area contributed by atoms with Crippen LogP contribution in [0.5, 0.6) is 0 Å². The number of halogens is 2. The van der Waals surface area contributed by atoms with E-state index < -0.39 is 0 Å². The smallest absolute Gasteiger partial charge is 0.224 e. The maximum atomic E-state index is 12.0. The first-order valence-electron chi connectivity index (χ1n) is 1.65. The van der Waals surface area contributed by atoms with Crippen molar-refractivity contribution in [2.24, 2.45) is 0 Å². The summed E-state index contributed by atoms with van der Waals surface area (Å²) in [5, 5.41) is 0. The van der Waals surface area contributed by atoms with E-state index in [0.29, 0.717) is 3.70 Å². The molecule has 1 N–H and O–H groups in total. The summed E-state index contributed by atoms with van der Waals surface area (Å²) in [5.41, 5.74) is 0. The number of aromatic amines is 1. The van der Waals surface area contributed by atoms with Crippen molar-refractivity contribution in [3.05, 3.63) is 16.0 Å². The van der Waals surface area contributed by atoms with Crippen LogP contribution in [0.2, 0.25) is 0 Å². The van der Waals surface area contributed by atoms with Crippen LogP contribution in [0.15, 0.2) is 6.33 Å². The molecule has 1 heterocycles. The molecule has 0 aliphatic carbocycles. The second kappa shape index (κ2) is 1.77. The Morgan fingerprint density at radius 3 is 2.71 bits per heavy atom. The van der Waals surface area contributed by atoms with Crippen molar-refractivity contribution in [3.8, 4) is 0 Å². The minimum atomic E-state index is -0.361. The van der Waals surface area contributed by atoms with E-state index in [1.54, 1.807) is 22.6 Å². The molecule has 0 unspecified atom stereocenters. The van der Waals surface area contributed by atoms with E-state index in [1.807, 2.05) is 0 Å². The number of rotatable bonds is 0. The molecule has 1 rings (SSSR count). The summed E-state index contributed by atoms with van der Waals surface area (Å²) in [4.78, 5) is 5.86. The molecular formula is C3H2FIN2. The van der Waals surface area contributed by atoms with Crippen LogP contribution < -0.4 is 0 Å². The molecule has 0 aromatic carbocycles. The van der Waals surface area contributed by atoms with Crippen molar-refractivity contribution < 1.29 is 4.39 Å². The van der Waals surface area contributed by atoms with Gasteiger partial charge in [0.15, 0.2) is 3.70 Å². The fraction of sp³-hybridized carbons (Fsp3) is 0. The van der Waals surface area contributed by atoms with Crippen molar-refractivity contribution >= 4 is 22.6 Å². The molecule has 1 aromatic rings. The number of H-pyrrole nitrogens is 1. The van der Waals surface area contributed by atoms with Crippen LogP contribution >= 0.6 is 22.6 Å². The Balaban J connectivity index is 3.12. The van der Waals surface area contributed by atoms with Gasteiger partial charge in [-0.2, -0.15) is 4.39 Å². The molecule has 0 aliphatic heterocycles. The van der Waals surface area contributed by atoms with Crippen LogP contribution in [-0.2, 0) is 0 Å². The first-order chi connectivity index (χ1) is 3.30. The van der Waals surface area contributed by atoms with Crippen LogP contribution in [0.1, 0.15) is 0 Å². The number of aromatic nitrogens is 2. The van der Waals surface area contributed by atoms with E-state index in [1.165, 1.54) is 6.33 Å². The number of hydrogen-bond donors (Lipinski definition) is 1. The van der Waals surface area contributed by atoms with Gasteiger partial charge in [0.2, 0.25) is 5.95 Å². The Morgan fingerprint density at radius 2 is 2.57 bits per heavy atom. The monoisotopic (exact) mass is 212 g/mol. The highest BCUT2D eigenvalue weighted by Gasteiger charge is 1.95.